The number of carbonyl (C=O) groups excluding carboxylic acids is 1. The Bertz CT molecular complexity index is 839. The average molecular weight is 310 g/mol. The van der Waals surface area contributed by atoms with Crippen molar-refractivity contribution in [2.75, 3.05) is 7.11 Å². The van der Waals surface area contributed by atoms with Crippen LogP contribution in [-0.4, -0.2) is 22.6 Å². The van der Waals surface area contributed by atoms with Crippen LogP contribution in [0.15, 0.2) is 48.5 Å². The molecule has 3 aromatic rings. The number of fused-ring (bicyclic) bond motifs is 1. The molecule has 0 radical (unpaired) electrons. The first-order valence-corrected chi connectivity index (χ1v) is 7.38. The third-order valence-electron chi connectivity index (χ3n) is 3.61. The molecule has 118 valence electrons. The van der Waals surface area contributed by atoms with Gasteiger partial charge in [-0.25, -0.2) is 4.98 Å². The van der Waals surface area contributed by atoms with Crippen LogP contribution in [0.4, 0.5) is 0 Å². The number of nitrogens with zero attached hydrogens (tertiary/aromatic N) is 2. The summed E-state index contributed by atoms with van der Waals surface area (Å²) in [6, 6.07) is 15.5. The predicted molar refractivity (Wildman–Crippen MR) is 87.3 cm³/mol. The van der Waals surface area contributed by atoms with Crippen LogP contribution in [-0.2, 0) is 22.7 Å². The zero-order valence-corrected chi connectivity index (χ0v) is 13.2. The lowest BCUT2D eigenvalue weighted by molar-refractivity contribution is -0.141. The molecule has 0 fully saturated rings. The quantitative estimate of drug-likeness (QED) is 0.680. The molecule has 0 aliphatic rings. The van der Waals surface area contributed by atoms with Gasteiger partial charge in [0.15, 0.2) is 0 Å². The zero-order chi connectivity index (χ0) is 16.2. The van der Waals surface area contributed by atoms with Crippen molar-refractivity contribution in [3.05, 3.63) is 59.9 Å². The number of hydrogen-bond donors (Lipinski definition) is 0. The van der Waals surface area contributed by atoms with Crippen LogP contribution < -0.4 is 4.74 Å². The van der Waals surface area contributed by atoms with Crippen LogP contribution in [0, 0.1) is 6.92 Å². The maximum Gasteiger partial charge on any atom is 0.325 e. The second kappa shape index (κ2) is 6.52. The third-order valence-corrected chi connectivity index (χ3v) is 3.61. The SMILES string of the molecule is COC(=O)Cn1c(COc2cccc(C)c2)nc2ccccc21. The van der Waals surface area contributed by atoms with E-state index in [0.717, 1.165) is 22.3 Å². The monoisotopic (exact) mass is 310 g/mol. The molecule has 1 aromatic heterocycles. The van der Waals surface area contributed by atoms with Gasteiger partial charge in [0.05, 0.1) is 18.1 Å². The number of rotatable bonds is 5. The average Bonchev–Trinajstić information content (AvgIpc) is 2.91. The Hall–Kier alpha value is -2.82. The van der Waals surface area contributed by atoms with Gasteiger partial charge in [-0.3, -0.25) is 4.79 Å². The van der Waals surface area contributed by atoms with Crippen LogP contribution in [0.25, 0.3) is 11.0 Å². The van der Waals surface area contributed by atoms with Crippen molar-refractivity contribution in [2.24, 2.45) is 0 Å². The number of aryl methyl sites for hydroxylation is 1. The molecule has 1 heterocycles. The van der Waals surface area contributed by atoms with E-state index < -0.39 is 0 Å². The summed E-state index contributed by atoms with van der Waals surface area (Å²) in [4.78, 5) is 16.3. The fourth-order valence-electron chi connectivity index (χ4n) is 2.46. The normalized spacial score (nSPS) is 10.7. The van der Waals surface area contributed by atoms with Crippen molar-refractivity contribution in [2.45, 2.75) is 20.1 Å². The van der Waals surface area contributed by atoms with Crippen LogP contribution in [0.3, 0.4) is 0 Å². The Morgan fingerprint density at radius 3 is 2.78 bits per heavy atom. The molecular formula is C18H18N2O3. The first-order valence-electron chi connectivity index (χ1n) is 7.38. The topological polar surface area (TPSA) is 53.4 Å². The zero-order valence-electron chi connectivity index (χ0n) is 13.2. The van der Waals surface area contributed by atoms with Gasteiger partial charge in [0.1, 0.15) is 24.7 Å². The summed E-state index contributed by atoms with van der Waals surface area (Å²) in [5.41, 5.74) is 2.85. The number of aromatic nitrogens is 2. The number of benzene rings is 2. The number of ether oxygens (including phenoxy) is 2. The molecule has 0 aliphatic carbocycles. The molecule has 0 saturated heterocycles. The van der Waals surface area contributed by atoms with E-state index in [0.29, 0.717) is 5.82 Å². The molecule has 0 bridgehead atoms. The minimum absolute atomic E-state index is 0.115. The van der Waals surface area contributed by atoms with Gasteiger partial charge < -0.3 is 14.0 Å². The molecule has 0 saturated carbocycles. The first kappa shape index (κ1) is 15.1. The van der Waals surface area contributed by atoms with Crippen LogP contribution >= 0.6 is 0 Å². The first-order chi connectivity index (χ1) is 11.2. The van der Waals surface area contributed by atoms with Crippen molar-refractivity contribution >= 4 is 17.0 Å². The van der Waals surface area contributed by atoms with E-state index in [4.69, 9.17) is 9.47 Å². The van der Waals surface area contributed by atoms with Crippen molar-refractivity contribution in [1.29, 1.82) is 0 Å². The van der Waals surface area contributed by atoms with Gasteiger partial charge in [-0.05, 0) is 36.8 Å². The molecule has 0 atom stereocenters. The standard InChI is InChI=1S/C18H18N2O3/c1-13-6-5-7-14(10-13)23-12-17-19-15-8-3-4-9-16(15)20(17)11-18(21)22-2/h3-10H,11-12H2,1-2H3. The second-order valence-corrected chi connectivity index (χ2v) is 5.28. The minimum atomic E-state index is -0.315. The van der Waals surface area contributed by atoms with E-state index in [2.05, 4.69) is 4.98 Å². The number of methoxy groups -OCH3 is 1. The molecular weight excluding hydrogens is 292 g/mol. The minimum Gasteiger partial charge on any atom is -0.486 e. The number of carbonyl (C=O) groups is 1. The number of imidazole rings is 1. The van der Waals surface area contributed by atoms with Crippen LogP contribution in [0.5, 0.6) is 5.75 Å². The van der Waals surface area contributed by atoms with Crippen LogP contribution in [0.1, 0.15) is 11.4 Å². The Morgan fingerprint density at radius 2 is 2.00 bits per heavy atom. The second-order valence-electron chi connectivity index (χ2n) is 5.28. The summed E-state index contributed by atoms with van der Waals surface area (Å²) < 4.78 is 12.4. The fraction of sp³-hybridized carbons (Fsp3) is 0.222. The lowest BCUT2D eigenvalue weighted by Crippen LogP contribution is -2.15. The van der Waals surface area contributed by atoms with Crippen molar-refractivity contribution in [3.8, 4) is 5.75 Å². The van der Waals surface area contributed by atoms with Crippen molar-refractivity contribution < 1.29 is 14.3 Å². The van der Waals surface area contributed by atoms with E-state index in [1.54, 1.807) is 0 Å². The van der Waals surface area contributed by atoms with Gasteiger partial charge in [-0.1, -0.05) is 24.3 Å². The number of hydrogen-bond acceptors (Lipinski definition) is 4. The van der Waals surface area contributed by atoms with Gasteiger partial charge >= 0.3 is 5.97 Å². The smallest absolute Gasteiger partial charge is 0.325 e. The molecule has 3 rings (SSSR count). The van der Waals surface area contributed by atoms with E-state index in [1.807, 2.05) is 60.0 Å². The van der Waals surface area contributed by atoms with Gasteiger partial charge in [-0.15, -0.1) is 0 Å². The number of esters is 1. The Morgan fingerprint density at radius 1 is 1.17 bits per heavy atom. The van der Waals surface area contributed by atoms with Gasteiger partial charge in [-0.2, -0.15) is 0 Å². The fourth-order valence-corrected chi connectivity index (χ4v) is 2.46. The lowest BCUT2D eigenvalue weighted by atomic mass is 10.2. The Balaban J connectivity index is 1.89. The Kier molecular flexibility index (Phi) is 4.28. The molecule has 0 spiro atoms. The summed E-state index contributed by atoms with van der Waals surface area (Å²) in [7, 11) is 1.38. The van der Waals surface area contributed by atoms with E-state index in [-0.39, 0.29) is 19.1 Å². The lowest BCUT2D eigenvalue weighted by Gasteiger charge is -2.09. The Labute approximate surface area is 134 Å². The van der Waals surface area contributed by atoms with E-state index >= 15 is 0 Å². The molecule has 0 aliphatic heterocycles. The summed E-state index contributed by atoms with van der Waals surface area (Å²) >= 11 is 0. The summed E-state index contributed by atoms with van der Waals surface area (Å²) in [6.07, 6.45) is 0. The molecule has 5 heteroatoms. The maximum absolute atomic E-state index is 11.7. The summed E-state index contributed by atoms with van der Waals surface area (Å²) in [6.45, 7) is 2.41. The van der Waals surface area contributed by atoms with E-state index in [9.17, 15) is 4.79 Å². The van der Waals surface area contributed by atoms with Crippen LogP contribution in [0.2, 0.25) is 0 Å². The van der Waals surface area contributed by atoms with Crippen molar-refractivity contribution in [3.63, 3.8) is 0 Å². The van der Waals surface area contributed by atoms with Gasteiger partial charge in [0.25, 0.3) is 0 Å². The molecule has 5 nitrogen and oxygen atoms in total. The highest BCUT2D eigenvalue weighted by Crippen LogP contribution is 2.19. The molecule has 0 amide bonds. The van der Waals surface area contributed by atoms with E-state index in [1.165, 1.54) is 7.11 Å². The maximum atomic E-state index is 11.7. The number of para-hydroxylation sites is 2. The third kappa shape index (κ3) is 3.34. The summed E-state index contributed by atoms with van der Waals surface area (Å²) in [5, 5.41) is 0. The highest BCUT2D eigenvalue weighted by Gasteiger charge is 2.14. The molecule has 0 unspecified atom stereocenters. The van der Waals surface area contributed by atoms with Gasteiger partial charge in [0, 0.05) is 0 Å². The highest BCUT2D eigenvalue weighted by atomic mass is 16.5. The van der Waals surface area contributed by atoms with Crippen molar-refractivity contribution in [1.82, 2.24) is 9.55 Å². The largest absolute Gasteiger partial charge is 0.486 e. The predicted octanol–water partition coefficient (Wildman–Crippen LogP) is 3.10. The molecule has 2 aromatic carbocycles. The highest BCUT2D eigenvalue weighted by molar-refractivity contribution is 5.78. The van der Waals surface area contributed by atoms with Gasteiger partial charge in [0.2, 0.25) is 0 Å². The summed E-state index contributed by atoms with van der Waals surface area (Å²) in [5.74, 6) is 1.16. The molecule has 23 heavy (non-hydrogen) atoms. The molecule has 0 N–H and O–H groups in total.